The predicted molar refractivity (Wildman–Crippen MR) is 136 cm³/mol. The zero-order valence-corrected chi connectivity index (χ0v) is 20.2. The number of benzene rings is 3. The van der Waals surface area contributed by atoms with E-state index in [9.17, 15) is 18.0 Å². The SMILES string of the molecule is CC(C)COc1nc(-c2cccc(C(F)(F)F)c2)n(-c2ccc(NC(=O)C=Cc3ccccc3)cc2)n1. The van der Waals surface area contributed by atoms with Crippen molar-refractivity contribution in [2.24, 2.45) is 5.92 Å². The molecule has 3 aromatic carbocycles. The van der Waals surface area contributed by atoms with E-state index in [0.29, 0.717) is 18.0 Å². The van der Waals surface area contributed by atoms with Gasteiger partial charge in [0.05, 0.1) is 17.9 Å². The first kappa shape index (κ1) is 25.7. The van der Waals surface area contributed by atoms with Crippen LogP contribution in [-0.2, 0) is 11.0 Å². The number of ether oxygens (including phenoxy) is 1. The average molecular weight is 507 g/mol. The van der Waals surface area contributed by atoms with E-state index in [1.807, 2.05) is 44.2 Å². The van der Waals surface area contributed by atoms with Crippen LogP contribution in [0.5, 0.6) is 6.01 Å². The van der Waals surface area contributed by atoms with E-state index in [1.165, 1.54) is 22.9 Å². The second-order valence-corrected chi connectivity index (χ2v) is 8.69. The average Bonchev–Trinajstić information content (AvgIpc) is 3.31. The number of halogens is 3. The molecule has 37 heavy (non-hydrogen) atoms. The van der Waals surface area contributed by atoms with Crippen LogP contribution >= 0.6 is 0 Å². The summed E-state index contributed by atoms with van der Waals surface area (Å²) < 4.78 is 47.0. The number of amides is 1. The Bertz CT molecular complexity index is 1380. The summed E-state index contributed by atoms with van der Waals surface area (Å²) in [5.74, 6) is 0.113. The number of carbonyl (C=O) groups excluding carboxylic acids is 1. The first-order chi connectivity index (χ1) is 17.7. The van der Waals surface area contributed by atoms with Crippen LogP contribution in [0.15, 0.2) is 84.9 Å². The Morgan fingerprint density at radius 1 is 1.03 bits per heavy atom. The summed E-state index contributed by atoms with van der Waals surface area (Å²) in [6.45, 7) is 4.28. The van der Waals surface area contributed by atoms with Crippen LogP contribution in [-0.4, -0.2) is 27.3 Å². The molecule has 4 rings (SSSR count). The van der Waals surface area contributed by atoms with Crippen LogP contribution in [0.25, 0.3) is 23.2 Å². The topological polar surface area (TPSA) is 69.0 Å². The number of anilines is 1. The molecule has 6 nitrogen and oxygen atoms in total. The maximum absolute atomic E-state index is 13.3. The van der Waals surface area contributed by atoms with Crippen molar-refractivity contribution in [1.82, 2.24) is 14.8 Å². The monoisotopic (exact) mass is 506 g/mol. The molecule has 1 aromatic heterocycles. The van der Waals surface area contributed by atoms with Gasteiger partial charge in [-0.25, -0.2) is 4.68 Å². The standard InChI is InChI=1S/C28H25F3N4O2/c1-19(2)18-37-27-33-26(21-9-6-10-22(17-21)28(29,30)31)35(34-27)24-14-12-23(13-15-24)32-25(36)16-11-20-7-4-3-5-8-20/h3-17,19H,18H2,1-2H3,(H,32,36). The van der Waals surface area contributed by atoms with Crippen LogP contribution in [0.4, 0.5) is 18.9 Å². The number of hydrogen-bond donors (Lipinski definition) is 1. The van der Waals surface area contributed by atoms with Gasteiger partial charge in [0.1, 0.15) is 0 Å². The molecule has 0 aliphatic carbocycles. The van der Waals surface area contributed by atoms with Gasteiger partial charge in [0, 0.05) is 17.3 Å². The van der Waals surface area contributed by atoms with Gasteiger partial charge < -0.3 is 10.1 Å². The highest BCUT2D eigenvalue weighted by Crippen LogP contribution is 2.33. The minimum absolute atomic E-state index is 0.0598. The lowest BCUT2D eigenvalue weighted by Gasteiger charge is -2.10. The van der Waals surface area contributed by atoms with Crippen molar-refractivity contribution in [1.29, 1.82) is 0 Å². The number of nitrogens with zero attached hydrogens (tertiary/aromatic N) is 3. The molecular formula is C28H25F3N4O2. The number of aromatic nitrogens is 3. The van der Waals surface area contributed by atoms with Crippen molar-refractivity contribution in [2.75, 3.05) is 11.9 Å². The van der Waals surface area contributed by atoms with Gasteiger partial charge in [0.25, 0.3) is 0 Å². The molecule has 0 radical (unpaired) electrons. The Kier molecular flexibility index (Phi) is 7.71. The van der Waals surface area contributed by atoms with E-state index in [4.69, 9.17) is 4.74 Å². The summed E-state index contributed by atoms with van der Waals surface area (Å²) in [6, 6.07) is 21.1. The lowest BCUT2D eigenvalue weighted by atomic mass is 10.1. The molecule has 0 saturated heterocycles. The maximum Gasteiger partial charge on any atom is 0.416 e. The fourth-order valence-corrected chi connectivity index (χ4v) is 3.40. The third kappa shape index (κ3) is 6.84. The van der Waals surface area contributed by atoms with Crippen LogP contribution in [0.1, 0.15) is 25.0 Å². The second kappa shape index (κ2) is 11.1. The van der Waals surface area contributed by atoms with E-state index in [2.05, 4.69) is 15.4 Å². The number of hydrogen-bond acceptors (Lipinski definition) is 4. The largest absolute Gasteiger partial charge is 0.462 e. The summed E-state index contributed by atoms with van der Waals surface area (Å²) in [5, 5.41) is 7.16. The van der Waals surface area contributed by atoms with Crippen molar-refractivity contribution < 1.29 is 22.7 Å². The van der Waals surface area contributed by atoms with Gasteiger partial charge in [0.15, 0.2) is 5.82 Å². The highest BCUT2D eigenvalue weighted by molar-refractivity contribution is 6.01. The summed E-state index contributed by atoms with van der Waals surface area (Å²) in [7, 11) is 0. The van der Waals surface area contributed by atoms with Crippen LogP contribution in [0, 0.1) is 5.92 Å². The molecular weight excluding hydrogens is 481 g/mol. The molecule has 4 aromatic rings. The summed E-state index contributed by atoms with van der Waals surface area (Å²) >= 11 is 0. The Hall–Kier alpha value is -4.40. The van der Waals surface area contributed by atoms with Crippen LogP contribution < -0.4 is 10.1 Å². The van der Waals surface area contributed by atoms with Crippen molar-refractivity contribution in [3.05, 3.63) is 96.1 Å². The molecule has 0 aliphatic heterocycles. The molecule has 0 bridgehead atoms. The van der Waals surface area contributed by atoms with Gasteiger partial charge in [0.2, 0.25) is 5.91 Å². The van der Waals surface area contributed by atoms with Gasteiger partial charge >= 0.3 is 12.2 Å². The quantitative estimate of drug-likeness (QED) is 0.272. The molecule has 9 heteroatoms. The highest BCUT2D eigenvalue weighted by Gasteiger charge is 2.31. The molecule has 0 spiro atoms. The number of nitrogens with one attached hydrogen (secondary N) is 1. The van der Waals surface area contributed by atoms with Crippen LogP contribution in [0.3, 0.4) is 0 Å². The van der Waals surface area contributed by atoms with E-state index >= 15 is 0 Å². The fraction of sp³-hybridized carbons (Fsp3) is 0.179. The lowest BCUT2D eigenvalue weighted by molar-refractivity contribution is -0.137. The van der Waals surface area contributed by atoms with Crippen molar-refractivity contribution in [3.8, 4) is 23.1 Å². The molecule has 0 unspecified atom stereocenters. The third-order valence-corrected chi connectivity index (χ3v) is 5.19. The van der Waals surface area contributed by atoms with Crippen molar-refractivity contribution >= 4 is 17.7 Å². The number of rotatable bonds is 8. The maximum atomic E-state index is 13.3. The first-order valence-electron chi connectivity index (χ1n) is 11.6. The summed E-state index contributed by atoms with van der Waals surface area (Å²) in [4.78, 5) is 16.6. The minimum Gasteiger partial charge on any atom is -0.462 e. The smallest absolute Gasteiger partial charge is 0.416 e. The molecule has 0 atom stereocenters. The summed E-state index contributed by atoms with van der Waals surface area (Å²) in [5.41, 5.74) is 1.44. The second-order valence-electron chi connectivity index (χ2n) is 8.69. The van der Waals surface area contributed by atoms with Gasteiger partial charge in [-0.05, 0) is 54.0 Å². The third-order valence-electron chi connectivity index (χ3n) is 5.19. The van der Waals surface area contributed by atoms with E-state index < -0.39 is 11.7 Å². The Balaban J connectivity index is 1.59. The lowest BCUT2D eigenvalue weighted by Crippen LogP contribution is -2.08. The molecule has 0 aliphatic rings. The van der Waals surface area contributed by atoms with Gasteiger partial charge in [-0.15, -0.1) is 5.10 Å². The molecule has 0 fully saturated rings. The van der Waals surface area contributed by atoms with Gasteiger partial charge in [-0.3, -0.25) is 4.79 Å². The number of carbonyl (C=O) groups is 1. The fourth-order valence-electron chi connectivity index (χ4n) is 3.40. The van der Waals surface area contributed by atoms with Crippen molar-refractivity contribution in [2.45, 2.75) is 20.0 Å². The van der Waals surface area contributed by atoms with E-state index in [-0.39, 0.29) is 29.2 Å². The van der Waals surface area contributed by atoms with Crippen LogP contribution in [0.2, 0.25) is 0 Å². The van der Waals surface area contributed by atoms with E-state index in [0.717, 1.165) is 17.7 Å². The summed E-state index contributed by atoms with van der Waals surface area (Å²) in [6.07, 6.45) is -1.35. The zero-order chi connectivity index (χ0) is 26.4. The normalized spacial score (nSPS) is 11.7. The Morgan fingerprint density at radius 2 is 1.76 bits per heavy atom. The highest BCUT2D eigenvalue weighted by atomic mass is 19.4. The van der Waals surface area contributed by atoms with E-state index in [1.54, 1.807) is 30.3 Å². The molecule has 1 amide bonds. The molecule has 190 valence electrons. The zero-order valence-electron chi connectivity index (χ0n) is 20.2. The minimum atomic E-state index is -4.49. The van der Waals surface area contributed by atoms with Gasteiger partial charge in [-0.1, -0.05) is 56.3 Å². The number of alkyl halides is 3. The van der Waals surface area contributed by atoms with Crippen molar-refractivity contribution in [3.63, 3.8) is 0 Å². The Labute approximate surface area is 212 Å². The molecule has 1 N–H and O–H groups in total. The Morgan fingerprint density at radius 3 is 2.43 bits per heavy atom. The molecule has 1 heterocycles. The van der Waals surface area contributed by atoms with Gasteiger partial charge in [-0.2, -0.15) is 18.2 Å². The molecule has 0 saturated carbocycles. The first-order valence-corrected chi connectivity index (χ1v) is 11.6. The predicted octanol–water partition coefficient (Wildman–Crippen LogP) is 6.64.